The maximum atomic E-state index is 6.25. The van der Waals surface area contributed by atoms with Crippen LogP contribution in [0.4, 0.5) is 5.69 Å². The largest absolute Gasteiger partial charge is 0.405 e. The predicted octanol–water partition coefficient (Wildman–Crippen LogP) is 8.96. The van der Waals surface area contributed by atoms with Gasteiger partial charge in [-0.3, -0.25) is 0 Å². The maximum Gasteiger partial charge on any atom is 0.0387 e. The van der Waals surface area contributed by atoms with E-state index in [1.54, 1.807) is 6.20 Å². The number of anilines is 1. The highest BCUT2D eigenvalue weighted by atomic mass is 14.5. The SMILES string of the molecule is N/C=C/C=C(\C=C/c1ccccc1N)c1c2ccccc2c(-c2ccc3ccccc3c2)c2ccccc12. The molecule has 0 unspecified atom stereocenters. The van der Waals surface area contributed by atoms with E-state index in [9.17, 15) is 0 Å². The van der Waals surface area contributed by atoms with E-state index in [1.807, 2.05) is 30.3 Å². The van der Waals surface area contributed by atoms with E-state index in [0.29, 0.717) is 0 Å². The summed E-state index contributed by atoms with van der Waals surface area (Å²) in [6.45, 7) is 0. The molecule has 0 aromatic heterocycles. The molecule has 0 saturated carbocycles. The minimum atomic E-state index is 0.749. The summed E-state index contributed by atoms with van der Waals surface area (Å²) < 4.78 is 0. The second kappa shape index (κ2) is 10.1. The van der Waals surface area contributed by atoms with E-state index >= 15 is 0 Å². The topological polar surface area (TPSA) is 52.0 Å². The first-order valence-electron chi connectivity index (χ1n) is 12.8. The lowest BCUT2D eigenvalue weighted by Gasteiger charge is -2.18. The molecule has 0 spiro atoms. The van der Waals surface area contributed by atoms with Crippen molar-refractivity contribution in [2.75, 3.05) is 5.73 Å². The van der Waals surface area contributed by atoms with Gasteiger partial charge in [-0.25, -0.2) is 0 Å². The molecule has 182 valence electrons. The van der Waals surface area contributed by atoms with E-state index in [2.05, 4.69) is 109 Å². The molecule has 6 aromatic rings. The van der Waals surface area contributed by atoms with Crippen LogP contribution >= 0.6 is 0 Å². The molecule has 0 heterocycles. The van der Waals surface area contributed by atoms with Gasteiger partial charge in [0.25, 0.3) is 0 Å². The highest BCUT2D eigenvalue weighted by Crippen LogP contribution is 2.42. The van der Waals surface area contributed by atoms with Crippen LogP contribution in [-0.4, -0.2) is 0 Å². The molecule has 0 aliphatic heterocycles. The van der Waals surface area contributed by atoms with Crippen LogP contribution in [0.1, 0.15) is 11.1 Å². The van der Waals surface area contributed by atoms with Crippen molar-refractivity contribution < 1.29 is 0 Å². The van der Waals surface area contributed by atoms with Crippen molar-refractivity contribution in [2.24, 2.45) is 5.73 Å². The van der Waals surface area contributed by atoms with E-state index < -0.39 is 0 Å². The van der Waals surface area contributed by atoms with Crippen LogP contribution < -0.4 is 11.5 Å². The standard InChI is InChI=1S/C36H28N2/c37-23-9-13-27(21-20-26-11-3-8-18-34(26)38)35-30-14-4-6-16-32(30)36(33-17-7-5-15-31(33)35)29-22-19-25-10-1-2-12-28(25)24-29/h1-24H,37-38H2/b21-20-,23-9+,27-13+. The fourth-order valence-electron chi connectivity index (χ4n) is 5.32. The number of fused-ring (bicyclic) bond motifs is 3. The van der Waals surface area contributed by atoms with Crippen molar-refractivity contribution in [1.29, 1.82) is 0 Å². The zero-order chi connectivity index (χ0) is 25.9. The Morgan fingerprint density at radius 1 is 0.605 bits per heavy atom. The van der Waals surface area contributed by atoms with E-state index in [1.165, 1.54) is 49.0 Å². The smallest absolute Gasteiger partial charge is 0.0387 e. The van der Waals surface area contributed by atoms with Crippen LogP contribution in [0, 0.1) is 0 Å². The Morgan fingerprint density at radius 3 is 1.89 bits per heavy atom. The van der Waals surface area contributed by atoms with Crippen molar-refractivity contribution in [1.82, 2.24) is 0 Å². The van der Waals surface area contributed by atoms with E-state index in [-0.39, 0.29) is 0 Å². The Bertz CT molecular complexity index is 1830. The van der Waals surface area contributed by atoms with Crippen molar-refractivity contribution in [3.8, 4) is 11.1 Å². The summed E-state index contributed by atoms with van der Waals surface area (Å²) in [5, 5.41) is 7.29. The first-order valence-corrected chi connectivity index (χ1v) is 12.8. The van der Waals surface area contributed by atoms with Gasteiger partial charge in [0.15, 0.2) is 0 Å². The molecule has 0 bridgehead atoms. The molecule has 2 heteroatoms. The van der Waals surface area contributed by atoms with E-state index in [0.717, 1.165) is 16.8 Å². The monoisotopic (exact) mass is 488 g/mol. The Labute approximate surface area is 222 Å². The first-order chi connectivity index (χ1) is 18.7. The van der Waals surface area contributed by atoms with Gasteiger partial charge in [0, 0.05) is 5.69 Å². The van der Waals surface area contributed by atoms with Crippen molar-refractivity contribution in [3.05, 3.63) is 151 Å². The van der Waals surface area contributed by atoms with Gasteiger partial charge in [-0.15, -0.1) is 0 Å². The Hall–Kier alpha value is -5.08. The molecular weight excluding hydrogens is 460 g/mol. The fourth-order valence-corrected chi connectivity index (χ4v) is 5.32. The first kappa shape index (κ1) is 23.3. The Balaban J connectivity index is 1.66. The van der Waals surface area contributed by atoms with Crippen LogP contribution in [0.25, 0.3) is 55.1 Å². The summed E-state index contributed by atoms with van der Waals surface area (Å²) in [4.78, 5) is 0. The summed E-state index contributed by atoms with van der Waals surface area (Å²) in [7, 11) is 0. The van der Waals surface area contributed by atoms with Crippen molar-refractivity contribution in [2.45, 2.75) is 0 Å². The van der Waals surface area contributed by atoms with Gasteiger partial charge in [-0.1, -0.05) is 121 Å². The Kier molecular flexibility index (Phi) is 6.21. The molecule has 6 rings (SSSR count). The van der Waals surface area contributed by atoms with Crippen LogP contribution in [0.15, 0.2) is 140 Å². The Morgan fingerprint density at radius 2 is 1.21 bits per heavy atom. The van der Waals surface area contributed by atoms with Crippen LogP contribution in [0.3, 0.4) is 0 Å². The average Bonchev–Trinajstić information content (AvgIpc) is 2.97. The zero-order valence-corrected chi connectivity index (χ0v) is 21.0. The molecule has 0 amide bonds. The lowest BCUT2D eigenvalue weighted by atomic mass is 9.85. The second-order valence-corrected chi connectivity index (χ2v) is 9.37. The lowest BCUT2D eigenvalue weighted by Crippen LogP contribution is -1.93. The molecule has 0 fully saturated rings. The molecule has 2 nitrogen and oxygen atoms in total. The molecule has 4 N–H and O–H groups in total. The highest BCUT2D eigenvalue weighted by Gasteiger charge is 2.17. The quantitative estimate of drug-likeness (QED) is 0.145. The average molecular weight is 489 g/mol. The van der Waals surface area contributed by atoms with Gasteiger partial charge in [0.2, 0.25) is 0 Å². The number of rotatable bonds is 5. The third-order valence-corrected chi connectivity index (χ3v) is 7.08. The summed E-state index contributed by atoms with van der Waals surface area (Å²) in [6, 6.07) is 40.5. The third kappa shape index (κ3) is 4.23. The van der Waals surface area contributed by atoms with Crippen LogP contribution in [0.5, 0.6) is 0 Å². The summed E-state index contributed by atoms with van der Waals surface area (Å²) in [5.74, 6) is 0. The van der Waals surface area contributed by atoms with Gasteiger partial charge in [0.1, 0.15) is 0 Å². The summed E-state index contributed by atoms with van der Waals surface area (Å²) >= 11 is 0. The second-order valence-electron chi connectivity index (χ2n) is 9.37. The number of nitrogen functional groups attached to an aromatic ring is 1. The summed E-state index contributed by atoms with van der Waals surface area (Å²) in [6.07, 6.45) is 9.73. The van der Waals surface area contributed by atoms with Crippen molar-refractivity contribution in [3.63, 3.8) is 0 Å². The molecular formula is C36H28N2. The van der Waals surface area contributed by atoms with Gasteiger partial charge in [-0.2, -0.15) is 0 Å². The van der Waals surface area contributed by atoms with Crippen LogP contribution in [-0.2, 0) is 0 Å². The van der Waals surface area contributed by atoms with Gasteiger partial charge in [0.05, 0.1) is 0 Å². The van der Waals surface area contributed by atoms with Gasteiger partial charge < -0.3 is 11.5 Å². The minimum Gasteiger partial charge on any atom is -0.405 e. The molecule has 0 radical (unpaired) electrons. The fraction of sp³-hybridized carbons (Fsp3) is 0. The molecule has 0 aliphatic carbocycles. The highest BCUT2D eigenvalue weighted by molar-refractivity contribution is 6.20. The number of benzene rings is 6. The summed E-state index contributed by atoms with van der Waals surface area (Å²) in [5.41, 5.74) is 18.5. The van der Waals surface area contributed by atoms with Gasteiger partial charge in [-0.05, 0) is 84.6 Å². The maximum absolute atomic E-state index is 6.25. The molecule has 0 atom stereocenters. The number of para-hydroxylation sites is 1. The van der Waals surface area contributed by atoms with Gasteiger partial charge >= 0.3 is 0 Å². The number of hydrogen-bond donors (Lipinski definition) is 2. The molecule has 6 aromatic carbocycles. The molecule has 0 aliphatic rings. The normalized spacial score (nSPS) is 12.4. The minimum absolute atomic E-state index is 0.749. The van der Waals surface area contributed by atoms with Crippen LogP contribution in [0.2, 0.25) is 0 Å². The zero-order valence-electron chi connectivity index (χ0n) is 21.0. The third-order valence-electron chi connectivity index (χ3n) is 7.08. The molecule has 38 heavy (non-hydrogen) atoms. The number of hydrogen-bond acceptors (Lipinski definition) is 2. The number of allylic oxidation sites excluding steroid dienone is 4. The number of nitrogens with two attached hydrogens (primary N) is 2. The predicted molar refractivity (Wildman–Crippen MR) is 166 cm³/mol. The molecule has 0 saturated heterocycles. The van der Waals surface area contributed by atoms with E-state index in [4.69, 9.17) is 11.5 Å². The lowest BCUT2D eigenvalue weighted by molar-refractivity contribution is 1.60. The van der Waals surface area contributed by atoms with Crippen molar-refractivity contribution >= 4 is 49.7 Å².